The van der Waals surface area contributed by atoms with Gasteiger partial charge in [0.15, 0.2) is 0 Å². The fraction of sp³-hybridized carbons (Fsp3) is 0.263. The van der Waals surface area contributed by atoms with E-state index >= 15 is 0 Å². The van der Waals surface area contributed by atoms with Crippen LogP contribution in [0.4, 0.5) is 5.69 Å². The van der Waals surface area contributed by atoms with E-state index in [-0.39, 0.29) is 17.9 Å². The van der Waals surface area contributed by atoms with Gasteiger partial charge in [-0.2, -0.15) is 0 Å². The predicted octanol–water partition coefficient (Wildman–Crippen LogP) is 3.35. The molecule has 0 bridgehead atoms. The zero-order valence-electron chi connectivity index (χ0n) is 13.2. The Labute approximate surface area is 140 Å². The zero-order chi connectivity index (χ0) is 16.9. The Morgan fingerprint density at radius 1 is 1.12 bits per heavy atom. The number of ether oxygens (including phenoxy) is 1. The van der Waals surface area contributed by atoms with E-state index in [4.69, 9.17) is 9.84 Å². The van der Waals surface area contributed by atoms with E-state index in [2.05, 4.69) is 5.32 Å². The van der Waals surface area contributed by atoms with Crippen molar-refractivity contribution in [1.29, 1.82) is 0 Å². The van der Waals surface area contributed by atoms with Crippen LogP contribution in [-0.2, 0) is 11.2 Å². The standard InChI is InChI=1S/C19H19NO4/c21-18(11-14-4-3-5-15(10-14)19(22)23)20-16-6-1-2-7-17(16)24-12-13-8-9-13/h1-7,10,13H,8-9,11-12H2,(H,20,21)(H,22,23). The number of rotatable bonds is 7. The second kappa shape index (κ2) is 7.17. The van der Waals surface area contributed by atoms with Gasteiger partial charge < -0.3 is 15.2 Å². The van der Waals surface area contributed by atoms with Gasteiger partial charge in [0.1, 0.15) is 5.75 Å². The first-order chi connectivity index (χ1) is 11.6. The maximum atomic E-state index is 12.3. The lowest BCUT2D eigenvalue weighted by Gasteiger charge is -2.12. The highest BCUT2D eigenvalue weighted by Crippen LogP contribution is 2.31. The van der Waals surface area contributed by atoms with Crippen molar-refractivity contribution in [1.82, 2.24) is 0 Å². The van der Waals surface area contributed by atoms with Crippen LogP contribution in [0.25, 0.3) is 0 Å². The highest BCUT2D eigenvalue weighted by Gasteiger charge is 2.22. The SMILES string of the molecule is O=C(Cc1cccc(C(=O)O)c1)Nc1ccccc1OCC1CC1. The second-order valence-corrected chi connectivity index (χ2v) is 5.98. The summed E-state index contributed by atoms with van der Waals surface area (Å²) >= 11 is 0. The Balaban J connectivity index is 1.64. The first kappa shape index (κ1) is 16.1. The monoisotopic (exact) mass is 325 g/mol. The number of para-hydroxylation sites is 2. The highest BCUT2D eigenvalue weighted by molar-refractivity contribution is 5.94. The molecule has 2 aromatic rings. The fourth-order valence-electron chi connectivity index (χ4n) is 2.38. The molecule has 1 aliphatic carbocycles. The third-order valence-corrected chi connectivity index (χ3v) is 3.87. The Hall–Kier alpha value is -2.82. The van der Waals surface area contributed by atoms with Gasteiger partial charge in [0.25, 0.3) is 0 Å². The van der Waals surface area contributed by atoms with Crippen LogP contribution in [0.5, 0.6) is 5.75 Å². The minimum atomic E-state index is -1.00. The number of hydrogen-bond donors (Lipinski definition) is 2. The highest BCUT2D eigenvalue weighted by atomic mass is 16.5. The minimum absolute atomic E-state index is 0.109. The van der Waals surface area contributed by atoms with Gasteiger partial charge in [-0.15, -0.1) is 0 Å². The number of carboxylic acids is 1. The number of nitrogens with one attached hydrogen (secondary N) is 1. The first-order valence-electron chi connectivity index (χ1n) is 7.96. The maximum Gasteiger partial charge on any atom is 0.335 e. The molecule has 1 fully saturated rings. The quantitative estimate of drug-likeness (QED) is 0.818. The smallest absolute Gasteiger partial charge is 0.335 e. The van der Waals surface area contributed by atoms with Crippen molar-refractivity contribution >= 4 is 17.6 Å². The third-order valence-electron chi connectivity index (χ3n) is 3.87. The molecule has 2 N–H and O–H groups in total. The number of aromatic carboxylic acids is 1. The lowest BCUT2D eigenvalue weighted by molar-refractivity contribution is -0.115. The topological polar surface area (TPSA) is 75.6 Å². The zero-order valence-corrected chi connectivity index (χ0v) is 13.2. The third kappa shape index (κ3) is 4.35. The number of hydrogen-bond acceptors (Lipinski definition) is 3. The number of benzene rings is 2. The molecule has 0 heterocycles. The molecule has 1 amide bonds. The normalized spacial score (nSPS) is 13.3. The van der Waals surface area contributed by atoms with Crippen LogP contribution in [0.1, 0.15) is 28.8 Å². The largest absolute Gasteiger partial charge is 0.491 e. The van der Waals surface area contributed by atoms with E-state index in [1.165, 1.54) is 25.0 Å². The number of carbonyl (C=O) groups is 2. The molecule has 0 saturated heterocycles. The molecular formula is C19H19NO4. The summed E-state index contributed by atoms with van der Waals surface area (Å²) in [5.41, 5.74) is 1.47. The predicted molar refractivity (Wildman–Crippen MR) is 90.4 cm³/mol. The molecule has 5 heteroatoms. The summed E-state index contributed by atoms with van der Waals surface area (Å²) in [7, 11) is 0. The first-order valence-corrected chi connectivity index (χ1v) is 7.96. The molecule has 0 spiro atoms. The van der Waals surface area contributed by atoms with E-state index in [1.807, 2.05) is 18.2 Å². The van der Waals surface area contributed by atoms with Gasteiger partial charge in [-0.1, -0.05) is 24.3 Å². The average molecular weight is 325 g/mol. The summed E-state index contributed by atoms with van der Waals surface area (Å²) in [6.45, 7) is 0.674. The van der Waals surface area contributed by atoms with Crippen LogP contribution in [-0.4, -0.2) is 23.6 Å². The van der Waals surface area contributed by atoms with Crippen LogP contribution in [0.15, 0.2) is 48.5 Å². The van der Waals surface area contributed by atoms with Gasteiger partial charge in [0.2, 0.25) is 5.91 Å². The molecule has 1 aliphatic rings. The minimum Gasteiger partial charge on any atom is -0.491 e. The van der Waals surface area contributed by atoms with Crippen molar-refractivity contribution in [3.05, 3.63) is 59.7 Å². The van der Waals surface area contributed by atoms with E-state index in [1.54, 1.807) is 18.2 Å². The van der Waals surface area contributed by atoms with Crippen LogP contribution in [0.3, 0.4) is 0 Å². The molecule has 2 aromatic carbocycles. The summed E-state index contributed by atoms with van der Waals surface area (Å²) in [5, 5.41) is 11.8. The molecule has 0 radical (unpaired) electrons. The van der Waals surface area contributed by atoms with E-state index in [9.17, 15) is 9.59 Å². The van der Waals surface area contributed by atoms with E-state index in [0.29, 0.717) is 29.5 Å². The summed E-state index contributed by atoms with van der Waals surface area (Å²) in [6.07, 6.45) is 2.51. The molecule has 0 aliphatic heterocycles. The average Bonchev–Trinajstić information content (AvgIpc) is 3.38. The molecule has 0 aromatic heterocycles. The van der Waals surface area contributed by atoms with Crippen molar-refractivity contribution in [3.8, 4) is 5.75 Å². The Kier molecular flexibility index (Phi) is 4.79. The van der Waals surface area contributed by atoms with Crippen LogP contribution in [0.2, 0.25) is 0 Å². The maximum absolute atomic E-state index is 12.3. The van der Waals surface area contributed by atoms with Crippen molar-refractivity contribution in [2.75, 3.05) is 11.9 Å². The molecule has 0 atom stereocenters. The summed E-state index contributed by atoms with van der Waals surface area (Å²) < 4.78 is 5.77. The van der Waals surface area contributed by atoms with Crippen molar-refractivity contribution < 1.29 is 19.4 Å². The van der Waals surface area contributed by atoms with Gasteiger partial charge in [-0.3, -0.25) is 4.79 Å². The number of carbonyl (C=O) groups excluding carboxylic acids is 1. The second-order valence-electron chi connectivity index (χ2n) is 5.98. The summed E-state index contributed by atoms with van der Waals surface area (Å²) in [5.74, 6) is 0.0839. The van der Waals surface area contributed by atoms with Crippen molar-refractivity contribution in [2.45, 2.75) is 19.3 Å². The fourth-order valence-corrected chi connectivity index (χ4v) is 2.38. The molecule has 124 valence electrons. The molecule has 24 heavy (non-hydrogen) atoms. The van der Waals surface area contributed by atoms with Crippen LogP contribution < -0.4 is 10.1 Å². The van der Waals surface area contributed by atoms with Crippen LogP contribution in [0, 0.1) is 5.92 Å². The molecule has 1 saturated carbocycles. The van der Waals surface area contributed by atoms with Gasteiger partial charge in [0, 0.05) is 0 Å². The van der Waals surface area contributed by atoms with Gasteiger partial charge in [-0.05, 0) is 48.6 Å². The Morgan fingerprint density at radius 2 is 1.92 bits per heavy atom. The Morgan fingerprint density at radius 3 is 2.67 bits per heavy atom. The lowest BCUT2D eigenvalue weighted by Crippen LogP contribution is -2.15. The number of amides is 1. The number of carboxylic acid groups (broad SMARTS) is 1. The van der Waals surface area contributed by atoms with Crippen molar-refractivity contribution in [3.63, 3.8) is 0 Å². The van der Waals surface area contributed by atoms with Crippen LogP contribution >= 0.6 is 0 Å². The summed E-state index contributed by atoms with van der Waals surface area (Å²) in [6, 6.07) is 13.7. The molecular weight excluding hydrogens is 306 g/mol. The molecule has 5 nitrogen and oxygen atoms in total. The van der Waals surface area contributed by atoms with Gasteiger partial charge in [-0.25, -0.2) is 4.79 Å². The summed E-state index contributed by atoms with van der Waals surface area (Å²) in [4.78, 5) is 23.2. The molecule has 3 rings (SSSR count). The van der Waals surface area contributed by atoms with E-state index < -0.39 is 5.97 Å². The number of anilines is 1. The molecule has 0 unspecified atom stereocenters. The lowest BCUT2D eigenvalue weighted by atomic mass is 10.1. The van der Waals surface area contributed by atoms with Gasteiger partial charge in [0.05, 0.1) is 24.3 Å². The Bertz CT molecular complexity index is 753. The van der Waals surface area contributed by atoms with E-state index in [0.717, 1.165) is 0 Å². The van der Waals surface area contributed by atoms with Crippen molar-refractivity contribution in [2.24, 2.45) is 5.92 Å². The van der Waals surface area contributed by atoms with Gasteiger partial charge >= 0.3 is 5.97 Å².